The van der Waals surface area contributed by atoms with Crippen LogP contribution in [0.4, 0.5) is 4.79 Å². The summed E-state index contributed by atoms with van der Waals surface area (Å²) in [5.41, 5.74) is 3.07. The highest BCUT2D eigenvalue weighted by atomic mass is 35.5. The highest BCUT2D eigenvalue weighted by Crippen LogP contribution is 2.07. The van der Waals surface area contributed by atoms with E-state index in [1.54, 1.807) is 31.2 Å². The van der Waals surface area contributed by atoms with E-state index in [0.29, 0.717) is 11.6 Å². The molecule has 0 aromatic heterocycles. The first-order valence-electron chi connectivity index (χ1n) is 4.43. The molecular formula is C10H11ClN2O2. The van der Waals surface area contributed by atoms with Gasteiger partial charge in [-0.3, -0.25) is 0 Å². The molecule has 5 heteroatoms. The van der Waals surface area contributed by atoms with E-state index in [2.05, 4.69) is 15.3 Å². The molecule has 0 saturated carbocycles. The summed E-state index contributed by atoms with van der Waals surface area (Å²) in [5.74, 6) is 0. The lowest BCUT2D eigenvalue weighted by atomic mass is 10.2. The molecule has 0 heterocycles. The Labute approximate surface area is 92.9 Å². The number of carbonyl (C=O) groups is 1. The second-order valence-electron chi connectivity index (χ2n) is 2.64. The Bertz CT molecular complexity index is 349. The number of halogens is 1. The average molecular weight is 227 g/mol. The molecule has 0 unspecified atom stereocenters. The van der Waals surface area contributed by atoms with E-state index in [0.717, 1.165) is 5.56 Å². The van der Waals surface area contributed by atoms with Crippen molar-refractivity contribution < 1.29 is 9.53 Å². The SMILES string of the molecule is CCOC(=O)N/N=C\c1ccc(Cl)cc1. The van der Waals surface area contributed by atoms with Crippen LogP contribution in [-0.4, -0.2) is 18.9 Å². The average Bonchev–Trinajstić information content (AvgIpc) is 2.21. The van der Waals surface area contributed by atoms with Gasteiger partial charge >= 0.3 is 6.09 Å². The number of hydrogen-bond acceptors (Lipinski definition) is 3. The highest BCUT2D eigenvalue weighted by Gasteiger charge is 1.95. The van der Waals surface area contributed by atoms with E-state index in [-0.39, 0.29) is 0 Å². The molecule has 0 aliphatic rings. The normalized spacial score (nSPS) is 10.3. The maximum absolute atomic E-state index is 10.8. The molecule has 0 fully saturated rings. The van der Waals surface area contributed by atoms with Gasteiger partial charge in [0, 0.05) is 5.02 Å². The number of nitrogens with one attached hydrogen (secondary N) is 1. The van der Waals surface area contributed by atoms with Crippen molar-refractivity contribution in [3.63, 3.8) is 0 Å². The summed E-state index contributed by atoms with van der Waals surface area (Å²) in [4.78, 5) is 10.8. The maximum Gasteiger partial charge on any atom is 0.427 e. The van der Waals surface area contributed by atoms with Crippen molar-refractivity contribution in [1.82, 2.24) is 5.43 Å². The number of ether oxygens (including phenoxy) is 1. The molecule has 1 amide bonds. The zero-order valence-electron chi connectivity index (χ0n) is 8.24. The Kier molecular flexibility index (Phi) is 4.63. The largest absolute Gasteiger partial charge is 0.449 e. The number of rotatable bonds is 3. The van der Waals surface area contributed by atoms with Gasteiger partial charge in [-0.15, -0.1) is 0 Å². The molecule has 0 aliphatic carbocycles. The minimum Gasteiger partial charge on any atom is -0.449 e. The van der Waals surface area contributed by atoms with Crippen LogP contribution in [0.5, 0.6) is 0 Å². The van der Waals surface area contributed by atoms with E-state index in [4.69, 9.17) is 11.6 Å². The van der Waals surface area contributed by atoms with Gasteiger partial charge in [0.15, 0.2) is 0 Å². The van der Waals surface area contributed by atoms with E-state index in [9.17, 15) is 4.79 Å². The van der Waals surface area contributed by atoms with Crippen LogP contribution < -0.4 is 5.43 Å². The molecule has 15 heavy (non-hydrogen) atoms. The van der Waals surface area contributed by atoms with E-state index in [1.165, 1.54) is 6.21 Å². The lowest BCUT2D eigenvalue weighted by Crippen LogP contribution is -2.18. The van der Waals surface area contributed by atoms with Crippen molar-refractivity contribution in [2.24, 2.45) is 5.10 Å². The summed E-state index contributed by atoms with van der Waals surface area (Å²) in [6.45, 7) is 2.05. The fraction of sp³-hybridized carbons (Fsp3) is 0.200. The third kappa shape index (κ3) is 4.46. The van der Waals surface area contributed by atoms with Crippen LogP contribution in [0.2, 0.25) is 5.02 Å². The molecule has 4 nitrogen and oxygen atoms in total. The van der Waals surface area contributed by atoms with Gasteiger partial charge in [-0.25, -0.2) is 10.2 Å². The molecule has 80 valence electrons. The van der Waals surface area contributed by atoms with Crippen molar-refractivity contribution in [1.29, 1.82) is 0 Å². The van der Waals surface area contributed by atoms with Crippen LogP contribution in [0.1, 0.15) is 12.5 Å². The number of benzene rings is 1. The molecule has 1 rings (SSSR count). The molecule has 0 atom stereocenters. The molecule has 0 saturated heterocycles. The van der Waals surface area contributed by atoms with Gasteiger partial charge < -0.3 is 4.74 Å². The third-order valence-corrected chi connectivity index (χ3v) is 1.77. The van der Waals surface area contributed by atoms with Crippen LogP contribution in [0.3, 0.4) is 0 Å². The summed E-state index contributed by atoms with van der Waals surface area (Å²) >= 11 is 5.70. The van der Waals surface area contributed by atoms with Gasteiger partial charge in [0.25, 0.3) is 0 Å². The fourth-order valence-corrected chi connectivity index (χ4v) is 0.998. The predicted octanol–water partition coefficient (Wildman–Crippen LogP) is 2.42. The summed E-state index contributed by atoms with van der Waals surface area (Å²) in [7, 11) is 0. The zero-order chi connectivity index (χ0) is 11.1. The topological polar surface area (TPSA) is 50.7 Å². The van der Waals surface area contributed by atoms with Crippen molar-refractivity contribution in [2.75, 3.05) is 6.61 Å². The van der Waals surface area contributed by atoms with E-state index in [1.807, 2.05) is 0 Å². The Morgan fingerprint density at radius 1 is 1.53 bits per heavy atom. The van der Waals surface area contributed by atoms with Gasteiger partial charge in [0.05, 0.1) is 12.8 Å². The number of hydrazone groups is 1. The Morgan fingerprint density at radius 3 is 2.80 bits per heavy atom. The van der Waals surface area contributed by atoms with E-state index >= 15 is 0 Å². The van der Waals surface area contributed by atoms with Gasteiger partial charge in [0.1, 0.15) is 0 Å². The van der Waals surface area contributed by atoms with Crippen molar-refractivity contribution >= 4 is 23.9 Å². The summed E-state index contributed by atoms with van der Waals surface area (Å²) in [6.07, 6.45) is 0.940. The molecule has 1 aromatic carbocycles. The monoisotopic (exact) mass is 226 g/mol. The summed E-state index contributed by atoms with van der Waals surface area (Å²) in [5, 5.41) is 4.36. The van der Waals surface area contributed by atoms with Crippen LogP contribution in [-0.2, 0) is 4.74 Å². The molecule has 0 spiro atoms. The number of hydrogen-bond donors (Lipinski definition) is 1. The second-order valence-corrected chi connectivity index (χ2v) is 3.08. The molecular weight excluding hydrogens is 216 g/mol. The first-order chi connectivity index (χ1) is 7.22. The maximum atomic E-state index is 10.8. The Morgan fingerprint density at radius 2 is 2.20 bits per heavy atom. The minimum absolute atomic E-state index is 0.322. The third-order valence-electron chi connectivity index (χ3n) is 1.51. The van der Waals surface area contributed by atoms with Crippen LogP contribution >= 0.6 is 11.6 Å². The molecule has 1 aromatic rings. The smallest absolute Gasteiger partial charge is 0.427 e. The number of nitrogens with zero attached hydrogens (tertiary/aromatic N) is 1. The fourth-order valence-electron chi connectivity index (χ4n) is 0.872. The molecule has 0 bridgehead atoms. The zero-order valence-corrected chi connectivity index (χ0v) is 8.99. The van der Waals surface area contributed by atoms with Gasteiger partial charge in [-0.1, -0.05) is 23.7 Å². The van der Waals surface area contributed by atoms with E-state index < -0.39 is 6.09 Å². The predicted molar refractivity (Wildman–Crippen MR) is 59.2 cm³/mol. The minimum atomic E-state index is -0.567. The number of carbonyl (C=O) groups excluding carboxylic acids is 1. The first kappa shape index (κ1) is 11.5. The van der Waals surface area contributed by atoms with Crippen LogP contribution in [0.15, 0.2) is 29.4 Å². The van der Waals surface area contributed by atoms with Crippen LogP contribution in [0, 0.1) is 0 Å². The second kappa shape index (κ2) is 6.03. The van der Waals surface area contributed by atoms with Gasteiger partial charge in [-0.05, 0) is 24.6 Å². The summed E-state index contributed by atoms with van der Waals surface area (Å²) < 4.78 is 4.61. The molecule has 0 radical (unpaired) electrons. The quantitative estimate of drug-likeness (QED) is 0.636. The standard InChI is InChI=1S/C10H11ClN2O2/c1-2-15-10(14)13-12-7-8-3-5-9(11)6-4-8/h3-7H,2H2,1H3,(H,13,14)/b12-7-. The van der Waals surface area contributed by atoms with Crippen LogP contribution in [0.25, 0.3) is 0 Å². The molecule has 0 aliphatic heterocycles. The highest BCUT2D eigenvalue weighted by molar-refractivity contribution is 6.30. The Balaban J connectivity index is 2.44. The number of amides is 1. The lowest BCUT2D eigenvalue weighted by molar-refractivity contribution is 0.152. The summed E-state index contributed by atoms with van der Waals surface area (Å²) in [6, 6.07) is 7.07. The van der Waals surface area contributed by atoms with Gasteiger partial charge in [0.2, 0.25) is 0 Å². The molecule has 1 N–H and O–H groups in total. The van der Waals surface area contributed by atoms with Crippen molar-refractivity contribution in [2.45, 2.75) is 6.92 Å². The Hall–Kier alpha value is -1.55. The first-order valence-corrected chi connectivity index (χ1v) is 4.81. The lowest BCUT2D eigenvalue weighted by Gasteiger charge is -1.98. The van der Waals surface area contributed by atoms with Crippen molar-refractivity contribution in [3.8, 4) is 0 Å². The van der Waals surface area contributed by atoms with Gasteiger partial charge in [-0.2, -0.15) is 5.10 Å². The van der Waals surface area contributed by atoms with Crippen molar-refractivity contribution in [3.05, 3.63) is 34.9 Å².